The number of halogens is 2. The van der Waals surface area contributed by atoms with Crippen molar-refractivity contribution in [2.24, 2.45) is 0 Å². The van der Waals surface area contributed by atoms with E-state index in [1.807, 2.05) is 20.1 Å². The molecule has 0 aliphatic rings. The second-order valence-corrected chi connectivity index (χ2v) is 4.47. The number of nitrogens with zero attached hydrogens (tertiary/aromatic N) is 2. The normalized spacial score (nSPS) is 10.7. The number of hydrogen-bond acceptors (Lipinski definition) is 4. The number of rotatable bonds is 3. The monoisotopic (exact) mass is 251 g/mol. The van der Waals surface area contributed by atoms with Gasteiger partial charge in [0.2, 0.25) is 0 Å². The molecule has 0 atom stereocenters. The zero-order valence-corrected chi connectivity index (χ0v) is 10.5. The fourth-order valence-electron chi connectivity index (χ4n) is 0.861. The van der Waals surface area contributed by atoms with E-state index in [0.717, 1.165) is 0 Å². The fourth-order valence-corrected chi connectivity index (χ4v) is 1.58. The molecule has 3 nitrogen and oxygen atoms in total. The Morgan fingerprint density at radius 3 is 2.43 bits per heavy atom. The first-order valence-electron chi connectivity index (χ1n) is 4.08. The van der Waals surface area contributed by atoms with Crippen molar-refractivity contribution in [3.8, 4) is 0 Å². The summed E-state index contributed by atoms with van der Waals surface area (Å²) >= 11 is 13.2. The molecular formula is C8H11Cl2N3S. The minimum Gasteiger partial charge on any atom is -0.366 e. The first-order valence-corrected chi connectivity index (χ1v) is 6.06. The Balaban J connectivity index is 3.07. The lowest BCUT2D eigenvalue weighted by Crippen LogP contribution is -2.12. The summed E-state index contributed by atoms with van der Waals surface area (Å²) in [5.41, 5.74) is 0. The molecule has 0 saturated carbocycles. The van der Waals surface area contributed by atoms with Crippen LogP contribution in [0, 0.1) is 0 Å². The minimum atomic E-state index is 0.258. The van der Waals surface area contributed by atoms with E-state index in [9.17, 15) is 0 Å². The van der Waals surface area contributed by atoms with Gasteiger partial charge in [0.15, 0.2) is 16.1 Å². The van der Waals surface area contributed by atoms with Gasteiger partial charge < -0.3 is 5.32 Å². The Hall–Kier alpha value is -0.190. The molecule has 0 saturated heterocycles. The third-order valence-corrected chi connectivity index (χ3v) is 2.67. The third kappa shape index (κ3) is 2.90. The second-order valence-electron chi connectivity index (χ2n) is 2.96. The van der Waals surface area contributed by atoms with Gasteiger partial charge in [0.25, 0.3) is 0 Å². The Labute approximate surface area is 97.6 Å². The van der Waals surface area contributed by atoms with Gasteiger partial charge in [-0.1, -0.05) is 35.0 Å². The molecule has 14 heavy (non-hydrogen) atoms. The topological polar surface area (TPSA) is 37.8 Å². The molecule has 0 aliphatic carbocycles. The van der Waals surface area contributed by atoms with Gasteiger partial charge in [0.05, 0.1) is 0 Å². The van der Waals surface area contributed by atoms with Crippen molar-refractivity contribution in [2.75, 3.05) is 11.6 Å². The van der Waals surface area contributed by atoms with Gasteiger partial charge in [0.1, 0.15) is 5.02 Å². The van der Waals surface area contributed by atoms with Gasteiger partial charge in [-0.3, -0.25) is 0 Å². The van der Waals surface area contributed by atoms with E-state index >= 15 is 0 Å². The van der Waals surface area contributed by atoms with Crippen LogP contribution in [0.3, 0.4) is 0 Å². The molecule has 0 aliphatic heterocycles. The number of thioether (sulfide) groups is 1. The van der Waals surface area contributed by atoms with E-state index in [4.69, 9.17) is 23.2 Å². The second kappa shape index (κ2) is 5.05. The first kappa shape index (κ1) is 11.9. The lowest BCUT2D eigenvalue weighted by molar-refractivity contribution is 0.868. The molecule has 0 amide bonds. The van der Waals surface area contributed by atoms with Crippen molar-refractivity contribution >= 4 is 40.8 Å². The van der Waals surface area contributed by atoms with Crippen LogP contribution in [-0.4, -0.2) is 22.3 Å². The van der Waals surface area contributed by atoms with Crippen LogP contribution < -0.4 is 5.32 Å². The van der Waals surface area contributed by atoms with Crippen LogP contribution in [0.4, 0.5) is 5.82 Å². The largest absolute Gasteiger partial charge is 0.366 e. The van der Waals surface area contributed by atoms with Gasteiger partial charge in [-0.25, -0.2) is 9.97 Å². The van der Waals surface area contributed by atoms with E-state index < -0.39 is 0 Å². The van der Waals surface area contributed by atoms with Crippen molar-refractivity contribution in [1.82, 2.24) is 9.97 Å². The number of aromatic nitrogens is 2. The van der Waals surface area contributed by atoms with Crippen molar-refractivity contribution in [1.29, 1.82) is 0 Å². The van der Waals surface area contributed by atoms with Crippen LogP contribution in [-0.2, 0) is 0 Å². The van der Waals surface area contributed by atoms with E-state index in [1.54, 1.807) is 0 Å². The van der Waals surface area contributed by atoms with Gasteiger partial charge in [-0.15, -0.1) is 0 Å². The Kier molecular flexibility index (Phi) is 4.29. The smallest absolute Gasteiger partial charge is 0.190 e. The van der Waals surface area contributed by atoms with Crippen LogP contribution in [0.1, 0.15) is 13.8 Å². The minimum absolute atomic E-state index is 0.258. The molecule has 0 unspecified atom stereocenters. The summed E-state index contributed by atoms with van der Waals surface area (Å²) < 4.78 is 0. The summed E-state index contributed by atoms with van der Waals surface area (Å²) in [4.78, 5) is 8.22. The molecule has 78 valence electrons. The van der Waals surface area contributed by atoms with Gasteiger partial charge in [0, 0.05) is 6.04 Å². The Morgan fingerprint density at radius 1 is 1.29 bits per heavy atom. The zero-order valence-electron chi connectivity index (χ0n) is 8.14. The van der Waals surface area contributed by atoms with Crippen LogP contribution in [0.5, 0.6) is 0 Å². The fraction of sp³-hybridized carbons (Fsp3) is 0.500. The van der Waals surface area contributed by atoms with Gasteiger partial charge in [-0.2, -0.15) is 0 Å². The molecule has 1 heterocycles. The summed E-state index contributed by atoms with van der Waals surface area (Å²) in [6.07, 6.45) is 1.89. The highest BCUT2D eigenvalue weighted by Crippen LogP contribution is 2.29. The van der Waals surface area contributed by atoms with Crippen LogP contribution in [0.2, 0.25) is 10.2 Å². The summed E-state index contributed by atoms with van der Waals surface area (Å²) in [7, 11) is 0. The summed E-state index contributed by atoms with van der Waals surface area (Å²) in [6, 6.07) is 0.258. The molecule has 0 bridgehead atoms. The van der Waals surface area contributed by atoms with E-state index in [1.165, 1.54) is 11.8 Å². The van der Waals surface area contributed by atoms with E-state index in [0.29, 0.717) is 16.0 Å². The molecule has 1 aromatic heterocycles. The first-order chi connectivity index (χ1) is 6.54. The maximum Gasteiger partial charge on any atom is 0.190 e. The quantitative estimate of drug-likeness (QED) is 0.508. The Bertz CT molecular complexity index is 331. The van der Waals surface area contributed by atoms with Crippen molar-refractivity contribution in [3.63, 3.8) is 0 Å². The lowest BCUT2D eigenvalue weighted by atomic mass is 10.4. The molecule has 1 rings (SSSR count). The number of nitrogens with one attached hydrogen (secondary N) is 1. The average molecular weight is 252 g/mol. The molecule has 0 fully saturated rings. The number of hydrogen-bond donors (Lipinski definition) is 1. The molecule has 0 radical (unpaired) electrons. The van der Waals surface area contributed by atoms with Crippen LogP contribution in [0.25, 0.3) is 0 Å². The SMILES string of the molecule is CSc1nc(Cl)c(Cl)c(NC(C)C)n1. The summed E-state index contributed by atoms with van der Waals surface area (Å²) in [6.45, 7) is 4.01. The summed E-state index contributed by atoms with van der Waals surface area (Å²) in [5.74, 6) is 0.589. The lowest BCUT2D eigenvalue weighted by Gasteiger charge is -2.11. The molecule has 1 N–H and O–H groups in total. The van der Waals surface area contributed by atoms with Crippen molar-refractivity contribution in [2.45, 2.75) is 25.0 Å². The van der Waals surface area contributed by atoms with Crippen LogP contribution >= 0.6 is 35.0 Å². The highest BCUT2D eigenvalue weighted by molar-refractivity contribution is 7.98. The van der Waals surface area contributed by atoms with Crippen molar-refractivity contribution < 1.29 is 0 Å². The highest BCUT2D eigenvalue weighted by Gasteiger charge is 2.11. The molecule has 0 aromatic carbocycles. The predicted molar refractivity (Wildman–Crippen MR) is 62.6 cm³/mol. The molecule has 0 spiro atoms. The highest BCUT2D eigenvalue weighted by atomic mass is 35.5. The molecule has 6 heteroatoms. The third-order valence-electron chi connectivity index (χ3n) is 1.40. The van der Waals surface area contributed by atoms with Gasteiger partial charge >= 0.3 is 0 Å². The molecule has 1 aromatic rings. The zero-order chi connectivity index (χ0) is 10.7. The summed E-state index contributed by atoms with van der Waals surface area (Å²) in [5, 5.41) is 4.38. The molecular weight excluding hydrogens is 241 g/mol. The average Bonchev–Trinajstić information content (AvgIpc) is 2.11. The standard InChI is InChI=1S/C8H11Cl2N3S/c1-4(2)11-7-5(9)6(10)12-8(13-7)14-3/h4H,1-3H3,(H,11,12,13). The van der Waals surface area contributed by atoms with Crippen molar-refractivity contribution in [3.05, 3.63) is 10.2 Å². The number of anilines is 1. The maximum atomic E-state index is 5.94. The predicted octanol–water partition coefficient (Wildman–Crippen LogP) is 3.33. The maximum absolute atomic E-state index is 5.94. The Morgan fingerprint density at radius 2 is 1.93 bits per heavy atom. The van der Waals surface area contributed by atoms with Gasteiger partial charge in [-0.05, 0) is 20.1 Å². The van der Waals surface area contributed by atoms with Crippen LogP contribution in [0.15, 0.2) is 5.16 Å². The van der Waals surface area contributed by atoms with E-state index in [2.05, 4.69) is 15.3 Å². The van der Waals surface area contributed by atoms with E-state index in [-0.39, 0.29) is 11.2 Å².